The van der Waals surface area contributed by atoms with Gasteiger partial charge in [-0.15, -0.1) is 0 Å². The van der Waals surface area contributed by atoms with Crippen molar-refractivity contribution < 1.29 is 4.79 Å². The molecule has 1 aromatic carbocycles. The molecule has 1 unspecified atom stereocenters. The van der Waals surface area contributed by atoms with Gasteiger partial charge in [0.2, 0.25) is 0 Å². The average Bonchev–Trinajstić information content (AvgIpc) is 3.20. The average molecular weight is 362 g/mol. The summed E-state index contributed by atoms with van der Waals surface area (Å²) in [5.41, 5.74) is 2.96. The number of nitrogens with one attached hydrogen (secondary N) is 2. The Hall–Kier alpha value is -3.06. The standard InChI is InChI=1S/C20H22N6O/c1-14-8-11-22-19(23-14)15-4-6-16(7-5-15)24-20(27)18-9-12-26(25-18)17-3-2-10-21-13-17/h4-9,11-12,17,21H,2-3,10,13H2,1H3,(H,24,27). The second-order valence-corrected chi connectivity index (χ2v) is 6.73. The van der Waals surface area contributed by atoms with Crippen molar-refractivity contribution in [2.45, 2.75) is 25.8 Å². The minimum atomic E-state index is -0.211. The van der Waals surface area contributed by atoms with Crippen LogP contribution >= 0.6 is 0 Å². The largest absolute Gasteiger partial charge is 0.321 e. The zero-order valence-electron chi connectivity index (χ0n) is 15.2. The number of carbonyl (C=O) groups excluding carboxylic acids is 1. The number of amides is 1. The molecule has 1 aliphatic heterocycles. The lowest BCUT2D eigenvalue weighted by Gasteiger charge is -2.22. The predicted octanol–water partition coefficient (Wildman–Crippen LogP) is 2.83. The smallest absolute Gasteiger partial charge is 0.276 e. The second-order valence-electron chi connectivity index (χ2n) is 6.73. The van der Waals surface area contributed by atoms with Crippen LogP contribution in [-0.4, -0.2) is 38.7 Å². The maximum absolute atomic E-state index is 12.5. The van der Waals surface area contributed by atoms with Crippen molar-refractivity contribution in [1.82, 2.24) is 25.1 Å². The SMILES string of the molecule is Cc1ccnc(-c2ccc(NC(=O)c3ccn(C4CCCNC4)n3)cc2)n1. The molecule has 0 spiro atoms. The van der Waals surface area contributed by atoms with Gasteiger partial charge in [0, 0.05) is 35.9 Å². The van der Waals surface area contributed by atoms with E-state index in [1.54, 1.807) is 12.3 Å². The topological polar surface area (TPSA) is 84.7 Å². The van der Waals surface area contributed by atoms with Gasteiger partial charge in [0.05, 0.1) is 6.04 Å². The zero-order chi connectivity index (χ0) is 18.6. The summed E-state index contributed by atoms with van der Waals surface area (Å²) in [6, 6.07) is 11.4. The van der Waals surface area contributed by atoms with Crippen LogP contribution in [0.25, 0.3) is 11.4 Å². The van der Waals surface area contributed by atoms with Crippen molar-refractivity contribution >= 4 is 11.6 Å². The van der Waals surface area contributed by atoms with E-state index in [4.69, 9.17) is 0 Å². The van der Waals surface area contributed by atoms with Gasteiger partial charge in [0.25, 0.3) is 5.91 Å². The Morgan fingerprint density at radius 3 is 2.81 bits per heavy atom. The summed E-state index contributed by atoms with van der Waals surface area (Å²) in [7, 11) is 0. The highest BCUT2D eigenvalue weighted by Crippen LogP contribution is 2.19. The molecule has 7 heteroatoms. The van der Waals surface area contributed by atoms with Gasteiger partial charge in [-0.25, -0.2) is 9.97 Å². The Bertz CT molecular complexity index is 928. The first kappa shape index (κ1) is 17.4. The Labute approximate surface area is 157 Å². The molecule has 1 aliphatic rings. The van der Waals surface area contributed by atoms with Gasteiger partial charge in [0.1, 0.15) is 0 Å². The fourth-order valence-electron chi connectivity index (χ4n) is 3.21. The highest BCUT2D eigenvalue weighted by Gasteiger charge is 2.17. The molecule has 0 saturated carbocycles. The minimum absolute atomic E-state index is 0.211. The van der Waals surface area contributed by atoms with Crippen molar-refractivity contribution in [3.8, 4) is 11.4 Å². The Kier molecular flexibility index (Phi) is 4.93. The molecular formula is C20H22N6O. The Morgan fingerprint density at radius 1 is 1.22 bits per heavy atom. The van der Waals surface area contributed by atoms with E-state index in [-0.39, 0.29) is 5.91 Å². The van der Waals surface area contributed by atoms with E-state index in [0.717, 1.165) is 37.2 Å². The van der Waals surface area contributed by atoms with Crippen LogP contribution in [0.1, 0.15) is 35.1 Å². The third-order valence-corrected chi connectivity index (χ3v) is 4.68. The number of anilines is 1. The van der Waals surface area contributed by atoms with Gasteiger partial charge < -0.3 is 10.6 Å². The van der Waals surface area contributed by atoms with Crippen LogP contribution in [0.15, 0.2) is 48.8 Å². The van der Waals surface area contributed by atoms with Crippen molar-refractivity contribution in [3.05, 3.63) is 60.2 Å². The second kappa shape index (κ2) is 7.67. The van der Waals surface area contributed by atoms with Gasteiger partial charge >= 0.3 is 0 Å². The summed E-state index contributed by atoms with van der Waals surface area (Å²) >= 11 is 0. The van der Waals surface area contributed by atoms with Crippen LogP contribution in [0.4, 0.5) is 5.69 Å². The Balaban J connectivity index is 1.43. The van der Waals surface area contributed by atoms with Crippen LogP contribution in [0, 0.1) is 6.92 Å². The third-order valence-electron chi connectivity index (χ3n) is 4.68. The van der Waals surface area contributed by atoms with E-state index in [0.29, 0.717) is 23.2 Å². The van der Waals surface area contributed by atoms with E-state index in [9.17, 15) is 4.79 Å². The van der Waals surface area contributed by atoms with Crippen LogP contribution in [-0.2, 0) is 0 Å². The van der Waals surface area contributed by atoms with Crippen molar-refractivity contribution in [3.63, 3.8) is 0 Å². The molecule has 27 heavy (non-hydrogen) atoms. The number of benzene rings is 1. The van der Waals surface area contributed by atoms with Crippen LogP contribution in [0.5, 0.6) is 0 Å². The number of aryl methyl sites for hydroxylation is 1. The third kappa shape index (κ3) is 4.03. The van der Waals surface area contributed by atoms with Crippen LogP contribution < -0.4 is 10.6 Å². The molecule has 1 fully saturated rings. The molecular weight excluding hydrogens is 340 g/mol. The van der Waals surface area contributed by atoms with Crippen molar-refractivity contribution in [1.29, 1.82) is 0 Å². The molecule has 3 heterocycles. The summed E-state index contributed by atoms with van der Waals surface area (Å²) in [4.78, 5) is 21.2. The lowest BCUT2D eigenvalue weighted by Crippen LogP contribution is -2.32. The minimum Gasteiger partial charge on any atom is -0.321 e. The molecule has 0 aliphatic carbocycles. The normalized spacial score (nSPS) is 16.9. The lowest BCUT2D eigenvalue weighted by atomic mass is 10.1. The molecule has 4 rings (SSSR count). The van der Waals surface area contributed by atoms with E-state index < -0.39 is 0 Å². The first-order chi connectivity index (χ1) is 13.2. The lowest BCUT2D eigenvalue weighted by molar-refractivity contribution is 0.102. The summed E-state index contributed by atoms with van der Waals surface area (Å²) in [5.74, 6) is 0.463. The van der Waals surface area contributed by atoms with E-state index in [2.05, 4.69) is 25.7 Å². The highest BCUT2D eigenvalue weighted by atomic mass is 16.1. The number of hydrogen-bond donors (Lipinski definition) is 2. The number of carbonyl (C=O) groups is 1. The van der Waals surface area contributed by atoms with Gasteiger partial charge in [-0.1, -0.05) is 0 Å². The van der Waals surface area contributed by atoms with Crippen molar-refractivity contribution in [2.75, 3.05) is 18.4 Å². The van der Waals surface area contributed by atoms with Gasteiger partial charge in [0.15, 0.2) is 11.5 Å². The zero-order valence-corrected chi connectivity index (χ0v) is 15.2. The van der Waals surface area contributed by atoms with E-state index >= 15 is 0 Å². The summed E-state index contributed by atoms with van der Waals surface area (Å²) in [6.45, 7) is 3.88. The van der Waals surface area contributed by atoms with Gasteiger partial charge in [-0.05, 0) is 62.7 Å². The molecule has 2 N–H and O–H groups in total. The van der Waals surface area contributed by atoms with Gasteiger partial charge in [-0.3, -0.25) is 9.48 Å². The monoisotopic (exact) mass is 362 g/mol. The fraction of sp³-hybridized carbons (Fsp3) is 0.300. The van der Waals surface area contributed by atoms with Gasteiger partial charge in [-0.2, -0.15) is 5.10 Å². The molecule has 1 amide bonds. The van der Waals surface area contributed by atoms with E-state index in [1.807, 2.05) is 48.1 Å². The molecule has 1 atom stereocenters. The molecule has 1 saturated heterocycles. The summed E-state index contributed by atoms with van der Waals surface area (Å²) in [6.07, 6.45) is 5.83. The Morgan fingerprint density at radius 2 is 2.07 bits per heavy atom. The summed E-state index contributed by atoms with van der Waals surface area (Å²) in [5, 5.41) is 10.7. The molecule has 138 valence electrons. The molecule has 7 nitrogen and oxygen atoms in total. The first-order valence-corrected chi connectivity index (χ1v) is 9.16. The highest BCUT2D eigenvalue weighted by molar-refractivity contribution is 6.02. The van der Waals surface area contributed by atoms with Crippen LogP contribution in [0.2, 0.25) is 0 Å². The number of piperidine rings is 1. The van der Waals surface area contributed by atoms with Crippen LogP contribution in [0.3, 0.4) is 0 Å². The predicted molar refractivity (Wildman–Crippen MR) is 104 cm³/mol. The maximum atomic E-state index is 12.5. The maximum Gasteiger partial charge on any atom is 0.276 e. The molecule has 3 aromatic rings. The number of aromatic nitrogens is 4. The number of rotatable bonds is 4. The van der Waals surface area contributed by atoms with E-state index in [1.165, 1.54) is 0 Å². The first-order valence-electron chi connectivity index (χ1n) is 9.16. The quantitative estimate of drug-likeness (QED) is 0.745. The van der Waals surface area contributed by atoms with Crippen molar-refractivity contribution in [2.24, 2.45) is 0 Å². The fourth-order valence-corrected chi connectivity index (χ4v) is 3.21. The number of hydrogen-bond acceptors (Lipinski definition) is 5. The molecule has 0 radical (unpaired) electrons. The number of nitrogens with zero attached hydrogens (tertiary/aromatic N) is 4. The molecule has 2 aromatic heterocycles. The molecule has 0 bridgehead atoms. The summed E-state index contributed by atoms with van der Waals surface area (Å²) < 4.78 is 1.89.